The van der Waals surface area contributed by atoms with Gasteiger partial charge in [-0.05, 0) is 44.9 Å². The molecule has 0 radical (unpaired) electrons. The first kappa shape index (κ1) is 51.5. The first-order chi connectivity index (χ1) is 25.8. The molecular weight excluding hydrogens is 689 g/mol. The van der Waals surface area contributed by atoms with Crippen molar-refractivity contribution in [2.75, 3.05) is 26.4 Å². The Morgan fingerprint density at radius 1 is 0.566 bits per heavy atom. The summed E-state index contributed by atoms with van der Waals surface area (Å²) in [6.45, 7) is 3.72. The van der Waals surface area contributed by atoms with Crippen molar-refractivity contribution in [3.05, 3.63) is 24.3 Å². The number of hydrogen-bond acceptors (Lipinski definition) is 8. The van der Waals surface area contributed by atoms with E-state index in [1.165, 1.54) is 122 Å². The SMILES string of the molecule is CCCCC/C=C/C/C=C/CCCCCCCCCC(=O)O[C@H](COC(=O)CCCCCCCCCCCCCCCCC)COP(=O)(O)OCCN. The molecule has 0 aliphatic heterocycles. The van der Waals surface area contributed by atoms with Crippen molar-refractivity contribution in [1.29, 1.82) is 0 Å². The third kappa shape index (κ3) is 40.0. The largest absolute Gasteiger partial charge is 0.472 e. The van der Waals surface area contributed by atoms with Gasteiger partial charge in [-0.25, -0.2) is 4.57 Å². The summed E-state index contributed by atoms with van der Waals surface area (Å²) in [6, 6.07) is 0. The van der Waals surface area contributed by atoms with Crippen molar-refractivity contribution in [3.8, 4) is 0 Å². The average molecular weight is 772 g/mol. The molecule has 0 aromatic carbocycles. The number of hydrogen-bond donors (Lipinski definition) is 2. The lowest BCUT2D eigenvalue weighted by Gasteiger charge is -2.19. The molecule has 53 heavy (non-hydrogen) atoms. The van der Waals surface area contributed by atoms with E-state index in [-0.39, 0.29) is 38.6 Å². The van der Waals surface area contributed by atoms with E-state index in [9.17, 15) is 19.0 Å². The summed E-state index contributed by atoms with van der Waals surface area (Å²) in [6.07, 6.45) is 42.0. The summed E-state index contributed by atoms with van der Waals surface area (Å²) in [5, 5.41) is 0. The second kappa shape index (κ2) is 40.2. The molecule has 0 heterocycles. The molecule has 0 aromatic rings. The molecule has 10 heteroatoms. The molecule has 0 saturated carbocycles. The number of carbonyl (C=O) groups is 2. The van der Waals surface area contributed by atoms with Crippen LogP contribution in [0.15, 0.2) is 24.3 Å². The second-order valence-corrected chi connectivity index (χ2v) is 16.0. The van der Waals surface area contributed by atoms with Crippen LogP contribution in [-0.2, 0) is 32.7 Å². The number of allylic oxidation sites excluding steroid dienone is 4. The van der Waals surface area contributed by atoms with Gasteiger partial charge >= 0.3 is 19.8 Å². The number of esters is 2. The van der Waals surface area contributed by atoms with E-state index in [1.807, 2.05) is 0 Å². The summed E-state index contributed by atoms with van der Waals surface area (Å²) in [7, 11) is -4.37. The maximum absolute atomic E-state index is 12.6. The average Bonchev–Trinajstić information content (AvgIpc) is 3.14. The van der Waals surface area contributed by atoms with Crippen molar-refractivity contribution >= 4 is 19.8 Å². The fraction of sp³-hybridized carbons (Fsp3) is 0.860. The van der Waals surface area contributed by atoms with Gasteiger partial charge in [0.05, 0.1) is 13.2 Å². The molecule has 0 rings (SSSR count). The Bertz CT molecular complexity index is 928. The summed E-state index contributed by atoms with van der Waals surface area (Å²) in [5.41, 5.74) is 5.35. The van der Waals surface area contributed by atoms with Gasteiger partial charge < -0.3 is 20.1 Å². The predicted octanol–water partition coefficient (Wildman–Crippen LogP) is 12.4. The van der Waals surface area contributed by atoms with Crippen LogP contribution in [-0.4, -0.2) is 49.3 Å². The molecule has 312 valence electrons. The summed E-state index contributed by atoms with van der Waals surface area (Å²) in [5.74, 6) is -0.830. The van der Waals surface area contributed by atoms with Crippen LogP contribution in [0.25, 0.3) is 0 Å². The number of rotatable bonds is 41. The zero-order valence-electron chi connectivity index (χ0n) is 34.3. The van der Waals surface area contributed by atoms with E-state index < -0.39 is 26.5 Å². The van der Waals surface area contributed by atoms with E-state index in [1.54, 1.807) is 0 Å². The molecule has 0 amide bonds. The molecule has 0 spiro atoms. The van der Waals surface area contributed by atoms with Gasteiger partial charge in [-0.3, -0.25) is 18.6 Å². The highest BCUT2D eigenvalue weighted by Crippen LogP contribution is 2.43. The van der Waals surface area contributed by atoms with Gasteiger partial charge in [0, 0.05) is 19.4 Å². The fourth-order valence-corrected chi connectivity index (χ4v) is 6.84. The Kier molecular flexibility index (Phi) is 39.0. The molecule has 0 saturated heterocycles. The Labute approximate surface area is 325 Å². The first-order valence-corrected chi connectivity index (χ1v) is 23.3. The summed E-state index contributed by atoms with van der Waals surface area (Å²) in [4.78, 5) is 34.9. The van der Waals surface area contributed by atoms with E-state index in [2.05, 4.69) is 38.2 Å². The van der Waals surface area contributed by atoms with Gasteiger partial charge in [0.25, 0.3) is 0 Å². The number of nitrogens with two attached hydrogens (primary N) is 1. The maximum Gasteiger partial charge on any atom is 0.472 e. The van der Waals surface area contributed by atoms with Crippen molar-refractivity contribution in [2.24, 2.45) is 5.73 Å². The minimum absolute atomic E-state index is 0.0535. The topological polar surface area (TPSA) is 134 Å². The monoisotopic (exact) mass is 772 g/mol. The highest BCUT2D eigenvalue weighted by atomic mass is 31.2. The van der Waals surface area contributed by atoms with Crippen LogP contribution in [0.4, 0.5) is 0 Å². The maximum atomic E-state index is 12.6. The van der Waals surface area contributed by atoms with Crippen LogP contribution in [0, 0.1) is 0 Å². The van der Waals surface area contributed by atoms with Gasteiger partial charge in [0.2, 0.25) is 0 Å². The number of ether oxygens (including phenoxy) is 2. The second-order valence-electron chi connectivity index (χ2n) is 14.6. The molecule has 9 nitrogen and oxygen atoms in total. The van der Waals surface area contributed by atoms with Crippen molar-refractivity contribution in [1.82, 2.24) is 0 Å². The molecule has 0 bridgehead atoms. The quantitative estimate of drug-likeness (QED) is 0.0269. The van der Waals surface area contributed by atoms with Gasteiger partial charge in [-0.1, -0.05) is 173 Å². The smallest absolute Gasteiger partial charge is 0.462 e. The molecule has 1 unspecified atom stereocenters. The molecule has 0 aromatic heterocycles. The normalized spacial score (nSPS) is 13.5. The third-order valence-corrected chi connectivity index (χ3v) is 10.3. The number of unbranched alkanes of at least 4 members (excludes halogenated alkanes) is 24. The van der Waals surface area contributed by atoms with Crippen LogP contribution in [0.1, 0.15) is 206 Å². The highest BCUT2D eigenvalue weighted by Gasteiger charge is 2.26. The summed E-state index contributed by atoms with van der Waals surface area (Å²) < 4.78 is 32.8. The minimum Gasteiger partial charge on any atom is -0.462 e. The fourth-order valence-electron chi connectivity index (χ4n) is 6.08. The lowest BCUT2D eigenvalue weighted by Crippen LogP contribution is -2.29. The van der Waals surface area contributed by atoms with Crippen LogP contribution in [0.2, 0.25) is 0 Å². The molecule has 0 aliphatic rings. The first-order valence-electron chi connectivity index (χ1n) is 21.8. The summed E-state index contributed by atoms with van der Waals surface area (Å²) >= 11 is 0. The zero-order chi connectivity index (χ0) is 38.9. The molecule has 3 N–H and O–H groups in total. The minimum atomic E-state index is -4.37. The molecular formula is C43H82NO8P. The number of carbonyl (C=O) groups excluding carboxylic acids is 2. The molecule has 0 aliphatic carbocycles. The lowest BCUT2D eigenvalue weighted by molar-refractivity contribution is -0.161. The Morgan fingerprint density at radius 2 is 0.981 bits per heavy atom. The van der Waals surface area contributed by atoms with E-state index >= 15 is 0 Å². The zero-order valence-corrected chi connectivity index (χ0v) is 35.2. The van der Waals surface area contributed by atoms with Crippen LogP contribution in [0.5, 0.6) is 0 Å². The van der Waals surface area contributed by atoms with E-state index in [4.69, 9.17) is 24.3 Å². The van der Waals surface area contributed by atoms with Crippen LogP contribution < -0.4 is 5.73 Å². The van der Waals surface area contributed by atoms with Crippen molar-refractivity contribution in [3.63, 3.8) is 0 Å². The molecule has 0 fully saturated rings. The van der Waals surface area contributed by atoms with Gasteiger partial charge in [-0.2, -0.15) is 0 Å². The van der Waals surface area contributed by atoms with Crippen molar-refractivity contribution in [2.45, 2.75) is 213 Å². The number of phosphoric ester groups is 1. The van der Waals surface area contributed by atoms with E-state index in [0.29, 0.717) is 6.42 Å². The standard InChI is InChI=1S/C43H82NO8P/c1-3-5-7-9-11-13-15-17-19-20-22-24-26-28-30-32-34-36-43(46)52-41(40-51-53(47,48)50-38-37-44)39-49-42(45)35-33-31-29-27-25-23-21-18-16-14-12-10-8-6-4-2/h11,13,17,19,41H,3-10,12,14-16,18,20-40,44H2,1-2H3,(H,47,48)/b13-11+,19-17+/t41-/m1/s1. The predicted molar refractivity (Wildman–Crippen MR) is 220 cm³/mol. The lowest BCUT2D eigenvalue weighted by atomic mass is 10.0. The Hall–Kier alpha value is -1.51. The van der Waals surface area contributed by atoms with Crippen LogP contribution in [0.3, 0.4) is 0 Å². The highest BCUT2D eigenvalue weighted by molar-refractivity contribution is 7.47. The van der Waals surface area contributed by atoms with Gasteiger partial charge in [0.15, 0.2) is 6.10 Å². The Morgan fingerprint density at radius 3 is 1.47 bits per heavy atom. The van der Waals surface area contributed by atoms with Crippen LogP contribution >= 0.6 is 7.82 Å². The van der Waals surface area contributed by atoms with E-state index in [0.717, 1.165) is 51.4 Å². The van der Waals surface area contributed by atoms with Gasteiger partial charge in [-0.15, -0.1) is 0 Å². The van der Waals surface area contributed by atoms with Crippen molar-refractivity contribution < 1.29 is 37.6 Å². The number of phosphoric acid groups is 1. The third-order valence-electron chi connectivity index (χ3n) is 9.34. The molecule has 2 atom stereocenters. The van der Waals surface area contributed by atoms with Gasteiger partial charge in [0.1, 0.15) is 6.61 Å². The Balaban J connectivity index is 4.14.